The summed E-state index contributed by atoms with van der Waals surface area (Å²) in [4.78, 5) is 0. The van der Waals surface area contributed by atoms with Crippen molar-refractivity contribution < 1.29 is 0 Å². The summed E-state index contributed by atoms with van der Waals surface area (Å²) >= 11 is 0. The summed E-state index contributed by atoms with van der Waals surface area (Å²) in [6.45, 7) is 12.0. The number of hydrogen-bond donors (Lipinski definition) is 0. The molecular weight excluding hydrogens is 168 g/mol. The third kappa shape index (κ3) is 4.66. The van der Waals surface area contributed by atoms with Gasteiger partial charge >= 0.3 is 0 Å². The molecule has 0 fully saturated rings. The van der Waals surface area contributed by atoms with E-state index in [2.05, 4.69) is 31.7 Å². The van der Waals surface area contributed by atoms with Crippen molar-refractivity contribution in [2.45, 2.75) is 27.7 Å². The summed E-state index contributed by atoms with van der Waals surface area (Å²) in [5.74, 6) is 0. The van der Waals surface area contributed by atoms with Crippen LogP contribution < -0.4 is 0 Å². The minimum absolute atomic E-state index is 1.12. The van der Waals surface area contributed by atoms with E-state index in [-0.39, 0.29) is 0 Å². The quantitative estimate of drug-likeness (QED) is 0.590. The Morgan fingerprint density at radius 3 is 2.00 bits per heavy atom. The van der Waals surface area contributed by atoms with Crippen molar-refractivity contribution in [2.24, 2.45) is 0 Å². The minimum Gasteiger partial charge on any atom is -0.0958 e. The van der Waals surface area contributed by atoms with Crippen LogP contribution in [0.5, 0.6) is 0 Å². The molecule has 1 rings (SSSR count). The number of hydrogen-bond acceptors (Lipinski definition) is 0. The molecule has 0 atom stereocenters. The molecule has 0 spiro atoms. The lowest BCUT2D eigenvalue weighted by Crippen LogP contribution is -1.76. The Morgan fingerprint density at radius 2 is 1.57 bits per heavy atom. The van der Waals surface area contributed by atoms with Crippen LogP contribution in [0.25, 0.3) is 6.08 Å². The maximum absolute atomic E-state index is 3.88. The largest absolute Gasteiger partial charge is 0.0958 e. The van der Waals surface area contributed by atoms with Gasteiger partial charge in [-0.15, -0.1) is 0 Å². The van der Waals surface area contributed by atoms with E-state index in [1.165, 1.54) is 11.1 Å². The molecule has 0 heteroatoms. The molecule has 1 aromatic carbocycles. The van der Waals surface area contributed by atoms with E-state index >= 15 is 0 Å². The first-order valence-electron chi connectivity index (χ1n) is 5.09. The third-order valence-electron chi connectivity index (χ3n) is 1.86. The highest BCUT2D eigenvalue weighted by molar-refractivity contribution is 5.56. The summed E-state index contributed by atoms with van der Waals surface area (Å²) in [7, 11) is 0. The molecule has 1 aromatic rings. The molecule has 0 aliphatic heterocycles. The van der Waals surface area contributed by atoms with Gasteiger partial charge in [0.2, 0.25) is 0 Å². The first kappa shape index (κ1) is 12.7. The molecule has 0 saturated carbocycles. The third-order valence-corrected chi connectivity index (χ3v) is 1.86. The summed E-state index contributed by atoms with van der Waals surface area (Å²) < 4.78 is 0. The Morgan fingerprint density at radius 1 is 1.07 bits per heavy atom. The summed E-state index contributed by atoms with van der Waals surface area (Å²) in [5, 5.41) is 0. The number of allylic oxidation sites excluding steroid dienone is 2. The fourth-order valence-electron chi connectivity index (χ4n) is 0.922. The lowest BCUT2D eigenvalue weighted by atomic mass is 10.1. The van der Waals surface area contributed by atoms with Crippen molar-refractivity contribution in [3.8, 4) is 0 Å². The Labute approximate surface area is 88.0 Å². The highest BCUT2D eigenvalue weighted by Crippen LogP contribution is 2.11. The highest BCUT2D eigenvalue weighted by Gasteiger charge is 1.89. The van der Waals surface area contributed by atoms with Crippen LogP contribution in [0.15, 0.2) is 48.1 Å². The number of benzene rings is 1. The monoisotopic (exact) mass is 188 g/mol. The fraction of sp³-hybridized carbons (Fsp3) is 0.286. The first-order chi connectivity index (χ1) is 6.70. The second-order valence-electron chi connectivity index (χ2n) is 3.02. The van der Waals surface area contributed by atoms with Crippen LogP contribution in [-0.2, 0) is 0 Å². The van der Waals surface area contributed by atoms with Crippen LogP contribution in [0.1, 0.15) is 33.3 Å². The molecule has 76 valence electrons. The molecule has 14 heavy (non-hydrogen) atoms. The van der Waals surface area contributed by atoms with Crippen LogP contribution in [-0.4, -0.2) is 0 Å². The van der Waals surface area contributed by atoms with Crippen molar-refractivity contribution in [1.82, 2.24) is 0 Å². The molecule has 0 saturated heterocycles. The zero-order valence-electron chi connectivity index (χ0n) is 9.67. The van der Waals surface area contributed by atoms with Gasteiger partial charge in [0.1, 0.15) is 0 Å². The van der Waals surface area contributed by atoms with Gasteiger partial charge in [-0.25, -0.2) is 0 Å². The summed E-state index contributed by atoms with van der Waals surface area (Å²) in [5.41, 5.74) is 3.60. The van der Waals surface area contributed by atoms with E-state index < -0.39 is 0 Å². The van der Waals surface area contributed by atoms with Gasteiger partial charge in [0, 0.05) is 0 Å². The van der Waals surface area contributed by atoms with Crippen molar-refractivity contribution in [3.63, 3.8) is 0 Å². The second-order valence-corrected chi connectivity index (χ2v) is 3.02. The van der Waals surface area contributed by atoms with Crippen LogP contribution >= 0.6 is 0 Å². The predicted octanol–water partition coefficient (Wildman–Crippen LogP) is 4.69. The molecule has 0 bridgehead atoms. The Bertz CT molecular complexity index is 291. The molecule has 0 unspecified atom stereocenters. The molecule has 0 heterocycles. The van der Waals surface area contributed by atoms with Gasteiger partial charge in [-0.1, -0.05) is 62.4 Å². The lowest BCUT2D eigenvalue weighted by Gasteiger charge is -1.98. The highest BCUT2D eigenvalue weighted by atomic mass is 14.0. The molecular formula is C14H20. The predicted molar refractivity (Wildman–Crippen MR) is 66.3 cm³/mol. The molecule has 0 radical (unpaired) electrons. The smallest absolute Gasteiger partial charge is 0.0254 e. The Balaban J connectivity index is 0.000000791. The van der Waals surface area contributed by atoms with Gasteiger partial charge in [0.05, 0.1) is 0 Å². The molecule has 0 aliphatic rings. The van der Waals surface area contributed by atoms with Gasteiger partial charge < -0.3 is 0 Å². The second kappa shape index (κ2) is 7.14. The first-order valence-corrected chi connectivity index (χ1v) is 5.09. The van der Waals surface area contributed by atoms with Gasteiger partial charge in [-0.05, 0) is 25.0 Å². The van der Waals surface area contributed by atoms with Gasteiger partial charge in [0.15, 0.2) is 0 Å². The van der Waals surface area contributed by atoms with Gasteiger partial charge in [0.25, 0.3) is 0 Å². The zero-order chi connectivity index (χ0) is 11.0. The van der Waals surface area contributed by atoms with Crippen molar-refractivity contribution in [3.05, 3.63) is 53.6 Å². The van der Waals surface area contributed by atoms with E-state index in [1.54, 1.807) is 0 Å². The van der Waals surface area contributed by atoms with Crippen LogP contribution in [0.3, 0.4) is 0 Å². The molecule has 0 aliphatic carbocycles. The van der Waals surface area contributed by atoms with Crippen molar-refractivity contribution in [1.29, 1.82) is 0 Å². The van der Waals surface area contributed by atoms with E-state index in [0.29, 0.717) is 0 Å². The zero-order valence-corrected chi connectivity index (χ0v) is 9.67. The maximum Gasteiger partial charge on any atom is -0.0254 e. The average molecular weight is 188 g/mol. The topological polar surface area (TPSA) is 0 Å². The van der Waals surface area contributed by atoms with Crippen molar-refractivity contribution >= 4 is 6.08 Å². The van der Waals surface area contributed by atoms with Crippen LogP contribution in [0.4, 0.5) is 0 Å². The molecule has 0 N–H and O–H groups in total. The number of rotatable bonds is 2. The van der Waals surface area contributed by atoms with E-state index in [0.717, 1.165) is 5.57 Å². The van der Waals surface area contributed by atoms with Crippen LogP contribution in [0.2, 0.25) is 0 Å². The Kier molecular flexibility index (Phi) is 6.47. The maximum atomic E-state index is 3.88. The molecule has 0 nitrogen and oxygen atoms in total. The fourth-order valence-corrected chi connectivity index (χ4v) is 0.922. The van der Waals surface area contributed by atoms with E-state index in [9.17, 15) is 0 Å². The Hall–Kier alpha value is -1.30. The molecule has 0 amide bonds. The lowest BCUT2D eigenvalue weighted by molar-refractivity contribution is 1.38. The molecule has 0 aromatic heterocycles. The van der Waals surface area contributed by atoms with Gasteiger partial charge in [-0.2, -0.15) is 0 Å². The van der Waals surface area contributed by atoms with Gasteiger partial charge in [-0.3, -0.25) is 0 Å². The SMILES string of the molecule is C=C(C)/C(C)=C/c1ccccc1.CC. The summed E-state index contributed by atoms with van der Waals surface area (Å²) in [6.07, 6.45) is 2.14. The average Bonchev–Trinajstić information content (AvgIpc) is 2.22. The minimum atomic E-state index is 1.12. The van der Waals surface area contributed by atoms with Crippen molar-refractivity contribution in [2.75, 3.05) is 0 Å². The van der Waals surface area contributed by atoms with E-state index in [1.807, 2.05) is 39.0 Å². The van der Waals surface area contributed by atoms with Crippen LogP contribution in [0, 0.1) is 0 Å². The normalized spacial score (nSPS) is 10.1. The standard InChI is InChI=1S/C12H14.C2H6/c1-10(2)11(3)9-12-7-5-4-6-8-12;1-2/h4-9H,1H2,2-3H3;1-2H3/b11-9+;. The summed E-state index contributed by atoms with van der Waals surface area (Å²) in [6, 6.07) is 10.3. The van der Waals surface area contributed by atoms with E-state index in [4.69, 9.17) is 0 Å².